The van der Waals surface area contributed by atoms with Crippen LogP contribution in [-0.2, 0) is 6.42 Å². The molecule has 1 heterocycles. The third kappa shape index (κ3) is 3.08. The van der Waals surface area contributed by atoms with Crippen molar-refractivity contribution in [3.05, 3.63) is 59.3 Å². The highest BCUT2D eigenvalue weighted by Gasteiger charge is 1.98. The van der Waals surface area contributed by atoms with Crippen molar-refractivity contribution >= 4 is 5.82 Å². The van der Waals surface area contributed by atoms with Crippen LogP contribution in [0.25, 0.3) is 0 Å². The summed E-state index contributed by atoms with van der Waals surface area (Å²) in [5.74, 6) is 0.752. The van der Waals surface area contributed by atoms with Crippen molar-refractivity contribution < 1.29 is 0 Å². The van der Waals surface area contributed by atoms with Crippen molar-refractivity contribution in [2.45, 2.75) is 13.3 Å². The van der Waals surface area contributed by atoms with Crippen molar-refractivity contribution in [2.75, 3.05) is 11.9 Å². The van der Waals surface area contributed by atoms with E-state index >= 15 is 0 Å². The van der Waals surface area contributed by atoms with E-state index in [0.717, 1.165) is 18.8 Å². The Morgan fingerprint density at radius 1 is 1.28 bits per heavy atom. The molecule has 1 aromatic carbocycles. The summed E-state index contributed by atoms with van der Waals surface area (Å²) >= 11 is 0. The summed E-state index contributed by atoms with van der Waals surface area (Å²) in [7, 11) is 0. The van der Waals surface area contributed by atoms with E-state index in [2.05, 4.69) is 41.5 Å². The Morgan fingerprint density at radius 3 is 2.89 bits per heavy atom. The molecule has 0 aliphatic heterocycles. The van der Waals surface area contributed by atoms with Crippen molar-refractivity contribution in [3.63, 3.8) is 0 Å². The second kappa shape index (κ2) is 5.83. The summed E-state index contributed by atoms with van der Waals surface area (Å²) in [6.07, 6.45) is 2.60. The number of anilines is 1. The van der Waals surface area contributed by atoms with Gasteiger partial charge in [-0.3, -0.25) is 0 Å². The molecule has 0 unspecified atom stereocenters. The van der Waals surface area contributed by atoms with Gasteiger partial charge in [0.05, 0.1) is 11.6 Å². The Balaban J connectivity index is 1.93. The first-order valence-electron chi connectivity index (χ1n) is 5.94. The topological polar surface area (TPSA) is 48.7 Å². The molecule has 2 aromatic rings. The van der Waals surface area contributed by atoms with E-state index in [9.17, 15) is 0 Å². The summed E-state index contributed by atoms with van der Waals surface area (Å²) < 4.78 is 0. The van der Waals surface area contributed by atoms with Gasteiger partial charge in [0, 0.05) is 12.7 Å². The highest BCUT2D eigenvalue weighted by molar-refractivity contribution is 5.42. The molecule has 0 aliphatic carbocycles. The van der Waals surface area contributed by atoms with E-state index in [1.165, 1.54) is 11.1 Å². The van der Waals surface area contributed by atoms with Crippen LogP contribution >= 0.6 is 0 Å². The maximum atomic E-state index is 8.80. The van der Waals surface area contributed by atoms with Gasteiger partial charge >= 0.3 is 0 Å². The number of nitrogens with one attached hydrogen (secondary N) is 1. The Labute approximate surface area is 107 Å². The molecule has 1 aromatic heterocycles. The van der Waals surface area contributed by atoms with E-state index in [4.69, 9.17) is 5.26 Å². The normalized spacial score (nSPS) is 9.78. The minimum absolute atomic E-state index is 0.628. The van der Waals surface area contributed by atoms with Crippen molar-refractivity contribution in [1.82, 2.24) is 4.98 Å². The number of hydrogen-bond donors (Lipinski definition) is 1. The summed E-state index contributed by atoms with van der Waals surface area (Å²) in [6, 6.07) is 13.9. The predicted octanol–water partition coefficient (Wildman–Crippen LogP) is 2.92. The van der Waals surface area contributed by atoms with Crippen LogP contribution < -0.4 is 5.32 Å². The molecule has 18 heavy (non-hydrogen) atoms. The van der Waals surface area contributed by atoms with E-state index in [-0.39, 0.29) is 0 Å². The van der Waals surface area contributed by atoms with Gasteiger partial charge in [-0.25, -0.2) is 4.98 Å². The zero-order valence-corrected chi connectivity index (χ0v) is 10.4. The third-order valence-electron chi connectivity index (χ3n) is 2.85. The summed E-state index contributed by atoms with van der Waals surface area (Å²) in [6.45, 7) is 2.93. The van der Waals surface area contributed by atoms with Gasteiger partial charge < -0.3 is 5.32 Å². The molecular formula is C15H15N3. The van der Waals surface area contributed by atoms with E-state index in [1.54, 1.807) is 18.3 Å². The predicted molar refractivity (Wildman–Crippen MR) is 72.3 cm³/mol. The van der Waals surface area contributed by atoms with Crippen molar-refractivity contribution in [2.24, 2.45) is 0 Å². The fraction of sp³-hybridized carbons (Fsp3) is 0.200. The van der Waals surface area contributed by atoms with Gasteiger partial charge in [-0.15, -0.1) is 0 Å². The monoisotopic (exact) mass is 237 g/mol. The standard InChI is InChI=1S/C15H15N3/c1-12-4-2-3-5-14(12)7-9-18-15-10-13(11-16)6-8-17-15/h2-6,8,10H,7,9H2,1H3,(H,17,18). The Hall–Kier alpha value is -2.34. The third-order valence-corrected chi connectivity index (χ3v) is 2.85. The molecule has 0 atom stereocenters. The van der Waals surface area contributed by atoms with E-state index < -0.39 is 0 Å². The molecule has 0 spiro atoms. The first-order valence-corrected chi connectivity index (χ1v) is 5.94. The van der Waals surface area contributed by atoms with Gasteiger partial charge in [-0.1, -0.05) is 24.3 Å². The highest BCUT2D eigenvalue weighted by atomic mass is 15.0. The number of nitrogens with zero attached hydrogens (tertiary/aromatic N) is 2. The molecule has 0 saturated heterocycles. The fourth-order valence-corrected chi connectivity index (χ4v) is 1.81. The highest BCUT2D eigenvalue weighted by Crippen LogP contribution is 2.09. The van der Waals surface area contributed by atoms with Gasteiger partial charge in [0.1, 0.15) is 5.82 Å². The quantitative estimate of drug-likeness (QED) is 0.889. The number of nitriles is 1. The molecule has 3 nitrogen and oxygen atoms in total. The molecule has 2 rings (SSSR count). The minimum atomic E-state index is 0.628. The summed E-state index contributed by atoms with van der Waals surface area (Å²) in [4.78, 5) is 4.18. The Bertz CT molecular complexity index is 570. The number of hydrogen-bond acceptors (Lipinski definition) is 3. The summed E-state index contributed by atoms with van der Waals surface area (Å²) in [5, 5.41) is 12.0. The fourth-order valence-electron chi connectivity index (χ4n) is 1.81. The molecule has 1 N–H and O–H groups in total. The van der Waals surface area contributed by atoms with Gasteiger partial charge in [0.15, 0.2) is 0 Å². The smallest absolute Gasteiger partial charge is 0.127 e. The van der Waals surface area contributed by atoms with Crippen molar-refractivity contribution in [1.29, 1.82) is 5.26 Å². The van der Waals surface area contributed by atoms with Crippen LogP contribution in [0, 0.1) is 18.3 Å². The van der Waals surface area contributed by atoms with Crippen LogP contribution in [0.5, 0.6) is 0 Å². The number of benzene rings is 1. The average Bonchev–Trinajstić information content (AvgIpc) is 2.41. The van der Waals surface area contributed by atoms with Crippen LogP contribution in [-0.4, -0.2) is 11.5 Å². The van der Waals surface area contributed by atoms with Gasteiger partial charge in [-0.05, 0) is 36.6 Å². The zero-order chi connectivity index (χ0) is 12.8. The molecule has 90 valence electrons. The molecule has 0 saturated carbocycles. The number of aromatic nitrogens is 1. The number of pyridine rings is 1. The molecular weight excluding hydrogens is 222 g/mol. The SMILES string of the molecule is Cc1ccccc1CCNc1cc(C#N)ccn1. The second-order valence-corrected chi connectivity index (χ2v) is 4.14. The maximum Gasteiger partial charge on any atom is 0.127 e. The lowest BCUT2D eigenvalue weighted by Crippen LogP contribution is -2.07. The number of rotatable bonds is 4. The lowest BCUT2D eigenvalue weighted by atomic mass is 10.1. The van der Waals surface area contributed by atoms with Crippen LogP contribution in [0.4, 0.5) is 5.82 Å². The first kappa shape index (κ1) is 12.1. The molecule has 0 aliphatic rings. The van der Waals surface area contributed by atoms with Gasteiger partial charge in [0.25, 0.3) is 0 Å². The number of aryl methyl sites for hydroxylation is 1. The summed E-state index contributed by atoms with van der Waals surface area (Å²) in [5.41, 5.74) is 3.27. The van der Waals surface area contributed by atoms with Crippen LogP contribution in [0.1, 0.15) is 16.7 Å². The molecule has 0 fully saturated rings. The van der Waals surface area contributed by atoms with E-state index in [0.29, 0.717) is 5.56 Å². The zero-order valence-electron chi connectivity index (χ0n) is 10.4. The molecule has 0 radical (unpaired) electrons. The lowest BCUT2D eigenvalue weighted by molar-refractivity contribution is 0.993. The minimum Gasteiger partial charge on any atom is -0.370 e. The Kier molecular flexibility index (Phi) is 3.93. The Morgan fingerprint density at radius 2 is 2.11 bits per heavy atom. The first-order chi connectivity index (χ1) is 8.79. The lowest BCUT2D eigenvalue weighted by Gasteiger charge is -2.07. The molecule has 0 bridgehead atoms. The van der Waals surface area contributed by atoms with Crippen LogP contribution in [0.3, 0.4) is 0 Å². The van der Waals surface area contributed by atoms with Crippen LogP contribution in [0.2, 0.25) is 0 Å². The second-order valence-electron chi connectivity index (χ2n) is 4.14. The maximum absolute atomic E-state index is 8.80. The van der Waals surface area contributed by atoms with E-state index in [1.807, 2.05) is 6.07 Å². The van der Waals surface area contributed by atoms with Gasteiger partial charge in [0.2, 0.25) is 0 Å². The van der Waals surface area contributed by atoms with Crippen molar-refractivity contribution in [3.8, 4) is 6.07 Å². The molecule has 0 amide bonds. The molecule has 3 heteroatoms. The van der Waals surface area contributed by atoms with Gasteiger partial charge in [-0.2, -0.15) is 5.26 Å². The largest absolute Gasteiger partial charge is 0.370 e. The van der Waals surface area contributed by atoms with Crippen LogP contribution in [0.15, 0.2) is 42.6 Å². The average molecular weight is 237 g/mol.